The van der Waals surface area contributed by atoms with Crippen molar-refractivity contribution in [1.29, 1.82) is 0 Å². The second-order valence-corrected chi connectivity index (χ2v) is 8.13. The summed E-state index contributed by atoms with van der Waals surface area (Å²) in [4.78, 5) is 12.3. The summed E-state index contributed by atoms with van der Waals surface area (Å²) < 4.78 is 62.8. The van der Waals surface area contributed by atoms with E-state index in [4.69, 9.17) is 10.7 Å². The molecule has 0 aromatic heterocycles. The maximum absolute atomic E-state index is 13.1. The van der Waals surface area contributed by atoms with Crippen LogP contribution in [-0.2, 0) is 15.2 Å². The zero-order chi connectivity index (χ0) is 19.8. The molecule has 0 fully saturated rings. The third kappa shape index (κ3) is 3.91. The highest BCUT2D eigenvalue weighted by molar-refractivity contribution is 8.14. The van der Waals surface area contributed by atoms with Gasteiger partial charge < -0.3 is 5.32 Å². The zero-order valence-corrected chi connectivity index (χ0v) is 15.0. The lowest BCUT2D eigenvalue weighted by Crippen LogP contribution is -2.18. The van der Waals surface area contributed by atoms with E-state index < -0.39 is 32.3 Å². The van der Waals surface area contributed by atoms with Gasteiger partial charge in [-0.25, -0.2) is 8.42 Å². The van der Waals surface area contributed by atoms with E-state index in [0.29, 0.717) is 5.39 Å². The molecule has 3 rings (SSSR count). The van der Waals surface area contributed by atoms with E-state index in [2.05, 4.69) is 5.32 Å². The monoisotopic (exact) mass is 413 g/mol. The Kier molecular flexibility index (Phi) is 4.88. The predicted octanol–water partition coefficient (Wildman–Crippen LogP) is 5.04. The maximum Gasteiger partial charge on any atom is 0.417 e. The van der Waals surface area contributed by atoms with Crippen LogP contribution in [0.25, 0.3) is 10.8 Å². The van der Waals surface area contributed by atoms with Gasteiger partial charge in [-0.2, -0.15) is 13.2 Å². The number of hydrogen-bond acceptors (Lipinski definition) is 3. The van der Waals surface area contributed by atoms with Crippen LogP contribution in [0.5, 0.6) is 0 Å². The SMILES string of the molecule is O=C(Nc1ccc(S(=O)(=O)Cl)c2ccccc12)c1ccccc1C(F)(F)F. The minimum absolute atomic E-state index is 0.159. The van der Waals surface area contributed by atoms with Crippen molar-refractivity contribution in [2.24, 2.45) is 0 Å². The average molecular weight is 414 g/mol. The Bertz CT molecular complexity index is 1140. The van der Waals surface area contributed by atoms with Crippen molar-refractivity contribution in [3.8, 4) is 0 Å². The second-order valence-electron chi connectivity index (χ2n) is 5.59. The molecule has 4 nitrogen and oxygen atoms in total. The number of carbonyl (C=O) groups excluding carboxylic acids is 1. The minimum atomic E-state index is -4.69. The van der Waals surface area contributed by atoms with Crippen LogP contribution in [0.2, 0.25) is 0 Å². The third-order valence-electron chi connectivity index (χ3n) is 3.87. The van der Waals surface area contributed by atoms with Gasteiger partial charge in [-0.05, 0) is 24.3 Å². The fourth-order valence-corrected chi connectivity index (χ4v) is 3.79. The summed E-state index contributed by atoms with van der Waals surface area (Å²) in [6.45, 7) is 0. The Morgan fingerprint density at radius 2 is 1.48 bits per heavy atom. The van der Waals surface area contributed by atoms with E-state index in [1.807, 2.05) is 0 Å². The van der Waals surface area contributed by atoms with Crippen LogP contribution in [0.1, 0.15) is 15.9 Å². The van der Waals surface area contributed by atoms with Crippen molar-refractivity contribution in [2.75, 3.05) is 5.32 Å². The van der Waals surface area contributed by atoms with Gasteiger partial charge in [-0.3, -0.25) is 4.79 Å². The van der Waals surface area contributed by atoms with E-state index >= 15 is 0 Å². The molecule has 0 spiro atoms. The van der Waals surface area contributed by atoms with Crippen LogP contribution in [0.4, 0.5) is 18.9 Å². The molecule has 0 aliphatic rings. The number of amides is 1. The smallest absolute Gasteiger partial charge is 0.321 e. The number of rotatable bonds is 3. The van der Waals surface area contributed by atoms with Crippen LogP contribution in [0.15, 0.2) is 65.6 Å². The van der Waals surface area contributed by atoms with Gasteiger partial charge in [0.15, 0.2) is 0 Å². The number of halogens is 4. The zero-order valence-electron chi connectivity index (χ0n) is 13.4. The summed E-state index contributed by atoms with van der Waals surface area (Å²) in [7, 11) is 1.38. The molecular weight excluding hydrogens is 403 g/mol. The van der Waals surface area contributed by atoms with Crippen molar-refractivity contribution in [3.05, 3.63) is 71.8 Å². The molecule has 3 aromatic rings. The number of alkyl halides is 3. The summed E-state index contributed by atoms with van der Waals surface area (Å²) in [5.74, 6) is -0.963. The lowest BCUT2D eigenvalue weighted by Gasteiger charge is -2.14. The summed E-state index contributed by atoms with van der Waals surface area (Å²) in [6.07, 6.45) is -4.69. The normalized spacial score (nSPS) is 12.1. The number of fused-ring (bicyclic) bond motifs is 1. The van der Waals surface area contributed by atoms with Crippen LogP contribution < -0.4 is 5.32 Å². The minimum Gasteiger partial charge on any atom is -0.321 e. The molecular formula is C18H11ClF3NO3S. The van der Waals surface area contributed by atoms with Crippen molar-refractivity contribution >= 4 is 42.1 Å². The molecule has 1 amide bonds. The molecule has 0 saturated heterocycles. The Morgan fingerprint density at radius 3 is 2.11 bits per heavy atom. The Labute approximate surface area is 157 Å². The molecule has 0 saturated carbocycles. The van der Waals surface area contributed by atoms with Gasteiger partial charge in [0.2, 0.25) is 0 Å². The Balaban J connectivity index is 2.08. The standard InChI is InChI=1S/C18H11ClF3NO3S/c19-27(25,26)16-10-9-15(11-5-1-2-6-12(11)16)23-17(24)13-7-3-4-8-14(13)18(20,21)22/h1-10H,(H,23,24). The fraction of sp³-hybridized carbons (Fsp3) is 0.0556. The molecule has 9 heteroatoms. The largest absolute Gasteiger partial charge is 0.417 e. The Hall–Kier alpha value is -2.58. The average Bonchev–Trinajstić information content (AvgIpc) is 2.60. The highest BCUT2D eigenvalue weighted by Gasteiger charge is 2.35. The van der Waals surface area contributed by atoms with Gasteiger partial charge in [-0.15, -0.1) is 0 Å². The van der Waals surface area contributed by atoms with Crippen LogP contribution in [0, 0.1) is 0 Å². The third-order valence-corrected chi connectivity index (χ3v) is 5.25. The van der Waals surface area contributed by atoms with Gasteiger partial charge in [0.1, 0.15) is 0 Å². The lowest BCUT2D eigenvalue weighted by molar-refractivity contribution is -0.137. The van der Waals surface area contributed by atoms with Crippen molar-refractivity contribution in [1.82, 2.24) is 0 Å². The number of hydrogen-bond donors (Lipinski definition) is 1. The molecule has 0 radical (unpaired) electrons. The first-order valence-corrected chi connectivity index (χ1v) is 9.84. The highest BCUT2D eigenvalue weighted by Crippen LogP contribution is 2.34. The lowest BCUT2D eigenvalue weighted by atomic mass is 10.1. The topological polar surface area (TPSA) is 63.2 Å². The molecule has 0 aliphatic heterocycles. The Morgan fingerprint density at radius 1 is 0.889 bits per heavy atom. The first-order valence-electron chi connectivity index (χ1n) is 7.53. The van der Waals surface area contributed by atoms with Gasteiger partial charge in [-0.1, -0.05) is 36.4 Å². The number of nitrogens with one attached hydrogen (secondary N) is 1. The highest BCUT2D eigenvalue weighted by atomic mass is 35.7. The van der Waals surface area contributed by atoms with E-state index in [1.54, 1.807) is 12.1 Å². The van der Waals surface area contributed by atoms with Crippen LogP contribution in [0.3, 0.4) is 0 Å². The van der Waals surface area contributed by atoms with E-state index in [9.17, 15) is 26.4 Å². The molecule has 27 heavy (non-hydrogen) atoms. The molecule has 0 unspecified atom stereocenters. The molecule has 0 heterocycles. The second kappa shape index (κ2) is 6.86. The van der Waals surface area contributed by atoms with E-state index in [0.717, 1.165) is 12.1 Å². The molecule has 0 atom stereocenters. The molecule has 1 N–H and O–H groups in total. The van der Waals surface area contributed by atoms with Gasteiger partial charge >= 0.3 is 6.18 Å². The van der Waals surface area contributed by atoms with Crippen molar-refractivity contribution in [2.45, 2.75) is 11.1 Å². The number of anilines is 1. The fourth-order valence-electron chi connectivity index (χ4n) is 2.71. The molecule has 3 aromatic carbocycles. The van der Waals surface area contributed by atoms with E-state index in [1.165, 1.54) is 36.4 Å². The van der Waals surface area contributed by atoms with Crippen LogP contribution >= 0.6 is 10.7 Å². The van der Waals surface area contributed by atoms with Crippen molar-refractivity contribution in [3.63, 3.8) is 0 Å². The van der Waals surface area contributed by atoms with E-state index in [-0.39, 0.29) is 16.0 Å². The van der Waals surface area contributed by atoms with Crippen LogP contribution in [-0.4, -0.2) is 14.3 Å². The maximum atomic E-state index is 13.1. The summed E-state index contributed by atoms with van der Waals surface area (Å²) in [5, 5.41) is 2.99. The number of benzene rings is 3. The van der Waals surface area contributed by atoms with Crippen molar-refractivity contribution < 1.29 is 26.4 Å². The summed E-state index contributed by atoms with van der Waals surface area (Å²) in [6, 6.07) is 13.1. The molecule has 0 aliphatic carbocycles. The molecule has 0 bridgehead atoms. The van der Waals surface area contributed by atoms with Gasteiger partial charge in [0.05, 0.1) is 16.0 Å². The first kappa shape index (κ1) is 19.2. The summed E-state index contributed by atoms with van der Waals surface area (Å²) >= 11 is 0. The number of carbonyl (C=O) groups is 1. The van der Waals surface area contributed by atoms with Gasteiger partial charge in [0.25, 0.3) is 15.0 Å². The molecule has 140 valence electrons. The first-order chi connectivity index (χ1) is 12.6. The summed E-state index contributed by atoms with van der Waals surface area (Å²) in [5.41, 5.74) is -1.44. The predicted molar refractivity (Wildman–Crippen MR) is 96.4 cm³/mol. The van der Waals surface area contributed by atoms with Gasteiger partial charge in [0, 0.05) is 27.1 Å². The quantitative estimate of drug-likeness (QED) is 0.612.